The molecule has 0 fully saturated rings. The minimum Gasteiger partial charge on any atom is -0.411 e. The number of nitrogens with zero attached hydrogens (tertiary/aromatic N) is 1. The maximum atomic E-state index is 8.09. The maximum Gasteiger partial charge on any atom is 0.0435 e. The van der Waals surface area contributed by atoms with Crippen molar-refractivity contribution in [2.24, 2.45) is 11.1 Å². The minimum absolute atomic E-state index is 0.848. The molecular formula is C9H19NO. The fourth-order valence-electron chi connectivity index (χ4n) is 0.990. The van der Waals surface area contributed by atoms with Gasteiger partial charge in [-0.25, -0.2) is 0 Å². The summed E-state index contributed by atoms with van der Waals surface area (Å²) in [5.74, 6) is 0.848. The van der Waals surface area contributed by atoms with E-state index in [1.54, 1.807) is 6.21 Å². The van der Waals surface area contributed by atoms with Gasteiger partial charge in [-0.1, -0.05) is 33.1 Å². The van der Waals surface area contributed by atoms with Gasteiger partial charge in [0, 0.05) is 6.21 Å². The molecule has 1 N–H and O–H groups in total. The van der Waals surface area contributed by atoms with Crippen LogP contribution in [0.4, 0.5) is 0 Å². The predicted molar refractivity (Wildman–Crippen MR) is 48.2 cm³/mol. The van der Waals surface area contributed by atoms with Crippen LogP contribution in [0.1, 0.15) is 46.0 Å². The van der Waals surface area contributed by atoms with Crippen LogP contribution in [0, 0.1) is 5.92 Å². The summed E-state index contributed by atoms with van der Waals surface area (Å²) in [4.78, 5) is 0. The van der Waals surface area contributed by atoms with E-state index in [2.05, 4.69) is 19.0 Å². The van der Waals surface area contributed by atoms with Gasteiger partial charge in [-0.15, -0.1) is 5.16 Å². The third-order valence-electron chi connectivity index (χ3n) is 2.06. The zero-order valence-electron chi connectivity index (χ0n) is 7.58. The molecule has 0 aromatic rings. The molecule has 0 rings (SSSR count). The molecule has 0 aliphatic rings. The van der Waals surface area contributed by atoms with E-state index < -0.39 is 0 Å². The fourth-order valence-corrected chi connectivity index (χ4v) is 0.990. The van der Waals surface area contributed by atoms with Crippen molar-refractivity contribution >= 4 is 6.21 Å². The summed E-state index contributed by atoms with van der Waals surface area (Å²) in [6, 6.07) is 0. The van der Waals surface area contributed by atoms with Crippen LogP contribution in [-0.4, -0.2) is 11.4 Å². The highest BCUT2D eigenvalue weighted by atomic mass is 16.4. The van der Waals surface area contributed by atoms with E-state index >= 15 is 0 Å². The van der Waals surface area contributed by atoms with Crippen molar-refractivity contribution in [1.29, 1.82) is 0 Å². The van der Waals surface area contributed by atoms with E-state index in [4.69, 9.17) is 5.21 Å². The Hall–Kier alpha value is -0.530. The van der Waals surface area contributed by atoms with Gasteiger partial charge in [0.2, 0.25) is 0 Å². The summed E-state index contributed by atoms with van der Waals surface area (Å²) < 4.78 is 0. The zero-order chi connectivity index (χ0) is 8.53. The minimum atomic E-state index is 0.848. The molecule has 1 unspecified atom stereocenters. The molecule has 2 nitrogen and oxygen atoms in total. The molecule has 66 valence electrons. The Morgan fingerprint density at radius 1 is 1.45 bits per heavy atom. The summed E-state index contributed by atoms with van der Waals surface area (Å²) >= 11 is 0. The van der Waals surface area contributed by atoms with E-state index in [0.717, 1.165) is 18.8 Å². The van der Waals surface area contributed by atoms with Gasteiger partial charge in [0.05, 0.1) is 0 Å². The van der Waals surface area contributed by atoms with Crippen molar-refractivity contribution in [2.45, 2.75) is 46.0 Å². The molecule has 0 radical (unpaired) electrons. The standard InChI is InChI=1S/C9H19NO/c1-3-9(2)7-5-4-6-8-10-11/h8-9,11H,3-7H2,1-2H3. The van der Waals surface area contributed by atoms with Crippen molar-refractivity contribution in [3.05, 3.63) is 0 Å². The van der Waals surface area contributed by atoms with Crippen LogP contribution >= 0.6 is 0 Å². The van der Waals surface area contributed by atoms with Crippen molar-refractivity contribution in [3.8, 4) is 0 Å². The van der Waals surface area contributed by atoms with Gasteiger partial charge in [-0.05, 0) is 18.8 Å². The quantitative estimate of drug-likeness (QED) is 0.273. The fraction of sp³-hybridized carbons (Fsp3) is 0.889. The van der Waals surface area contributed by atoms with E-state index in [1.165, 1.54) is 19.3 Å². The lowest BCUT2D eigenvalue weighted by atomic mass is 10.0. The summed E-state index contributed by atoms with van der Waals surface area (Å²) in [6.07, 6.45) is 7.45. The van der Waals surface area contributed by atoms with Crippen LogP contribution in [0.2, 0.25) is 0 Å². The third-order valence-corrected chi connectivity index (χ3v) is 2.06. The molecule has 0 amide bonds. The molecule has 0 spiro atoms. The van der Waals surface area contributed by atoms with E-state index in [9.17, 15) is 0 Å². The van der Waals surface area contributed by atoms with Crippen LogP contribution in [-0.2, 0) is 0 Å². The average Bonchev–Trinajstić information content (AvgIpc) is 2.04. The van der Waals surface area contributed by atoms with Crippen LogP contribution < -0.4 is 0 Å². The first-order valence-corrected chi connectivity index (χ1v) is 4.47. The first kappa shape index (κ1) is 10.5. The summed E-state index contributed by atoms with van der Waals surface area (Å²) in [7, 11) is 0. The summed E-state index contributed by atoms with van der Waals surface area (Å²) in [5.41, 5.74) is 0. The monoisotopic (exact) mass is 157 g/mol. The molecule has 0 saturated carbocycles. The maximum absolute atomic E-state index is 8.09. The Balaban J connectivity index is 3.01. The SMILES string of the molecule is CCC(C)CCCCC=NO. The second-order valence-corrected chi connectivity index (χ2v) is 3.10. The zero-order valence-corrected chi connectivity index (χ0v) is 7.58. The molecule has 0 heterocycles. The molecule has 1 atom stereocenters. The van der Waals surface area contributed by atoms with Gasteiger partial charge in [-0.3, -0.25) is 0 Å². The van der Waals surface area contributed by atoms with Gasteiger partial charge in [-0.2, -0.15) is 0 Å². The predicted octanol–water partition coefficient (Wildman–Crippen LogP) is 3.05. The molecule has 0 aliphatic heterocycles. The molecule has 0 bridgehead atoms. The Bertz CT molecular complexity index is 102. The highest BCUT2D eigenvalue weighted by molar-refractivity contribution is 5.55. The Labute approximate surface area is 69.3 Å². The Morgan fingerprint density at radius 2 is 2.18 bits per heavy atom. The van der Waals surface area contributed by atoms with Crippen LogP contribution in [0.25, 0.3) is 0 Å². The van der Waals surface area contributed by atoms with Gasteiger partial charge in [0.25, 0.3) is 0 Å². The summed E-state index contributed by atoms with van der Waals surface area (Å²) in [6.45, 7) is 4.50. The summed E-state index contributed by atoms with van der Waals surface area (Å²) in [5, 5.41) is 11.0. The second kappa shape index (κ2) is 7.58. The van der Waals surface area contributed by atoms with Crippen molar-refractivity contribution in [3.63, 3.8) is 0 Å². The molecule has 11 heavy (non-hydrogen) atoms. The first-order valence-electron chi connectivity index (χ1n) is 4.47. The van der Waals surface area contributed by atoms with Gasteiger partial charge < -0.3 is 5.21 Å². The van der Waals surface area contributed by atoms with Crippen molar-refractivity contribution in [1.82, 2.24) is 0 Å². The molecule has 0 aromatic heterocycles. The van der Waals surface area contributed by atoms with Crippen molar-refractivity contribution in [2.75, 3.05) is 0 Å². The number of unbranched alkanes of at least 4 members (excludes halogenated alkanes) is 2. The normalized spacial score (nSPS) is 14.0. The Morgan fingerprint density at radius 3 is 2.73 bits per heavy atom. The topological polar surface area (TPSA) is 32.6 Å². The second-order valence-electron chi connectivity index (χ2n) is 3.10. The van der Waals surface area contributed by atoms with Crippen LogP contribution in [0.3, 0.4) is 0 Å². The first-order chi connectivity index (χ1) is 5.31. The number of hydrogen-bond acceptors (Lipinski definition) is 2. The average molecular weight is 157 g/mol. The van der Waals surface area contributed by atoms with Gasteiger partial charge in [0.1, 0.15) is 0 Å². The largest absolute Gasteiger partial charge is 0.411 e. The van der Waals surface area contributed by atoms with Crippen LogP contribution in [0.5, 0.6) is 0 Å². The number of rotatable bonds is 6. The lowest BCUT2D eigenvalue weighted by Crippen LogP contribution is -1.91. The van der Waals surface area contributed by atoms with E-state index in [1.807, 2.05) is 0 Å². The number of hydrogen-bond donors (Lipinski definition) is 1. The molecule has 2 heteroatoms. The highest BCUT2D eigenvalue weighted by Crippen LogP contribution is 2.11. The highest BCUT2D eigenvalue weighted by Gasteiger charge is 1.96. The molecular weight excluding hydrogens is 138 g/mol. The molecule has 0 aliphatic carbocycles. The third kappa shape index (κ3) is 7.37. The number of oxime groups is 1. The van der Waals surface area contributed by atoms with Crippen LogP contribution in [0.15, 0.2) is 5.16 Å². The van der Waals surface area contributed by atoms with E-state index in [-0.39, 0.29) is 0 Å². The lowest BCUT2D eigenvalue weighted by molar-refractivity contribution is 0.320. The smallest absolute Gasteiger partial charge is 0.0435 e. The van der Waals surface area contributed by atoms with Crippen molar-refractivity contribution < 1.29 is 5.21 Å². The van der Waals surface area contributed by atoms with Gasteiger partial charge >= 0.3 is 0 Å². The molecule has 0 aromatic carbocycles. The van der Waals surface area contributed by atoms with Gasteiger partial charge in [0.15, 0.2) is 0 Å². The molecule has 0 saturated heterocycles. The lowest BCUT2D eigenvalue weighted by Gasteiger charge is -2.05. The Kier molecular flexibility index (Phi) is 7.21. The van der Waals surface area contributed by atoms with E-state index in [0.29, 0.717) is 0 Å².